The molecule has 1 aromatic rings. The summed E-state index contributed by atoms with van der Waals surface area (Å²) < 4.78 is 24.3. The van der Waals surface area contributed by atoms with E-state index in [2.05, 4.69) is 20.8 Å². The zero-order chi connectivity index (χ0) is 21.6. The van der Waals surface area contributed by atoms with Crippen molar-refractivity contribution in [3.8, 4) is 0 Å². The molecule has 0 amide bonds. The Bertz CT molecular complexity index is 582. The van der Waals surface area contributed by atoms with Gasteiger partial charge >= 0.3 is 5.97 Å². The number of carbonyl (C=O) groups is 1. The lowest BCUT2D eigenvalue weighted by atomic mass is 10.1. The van der Waals surface area contributed by atoms with E-state index >= 15 is 0 Å². The van der Waals surface area contributed by atoms with Gasteiger partial charge < -0.3 is 18.9 Å². The number of rotatable bonds is 15. The van der Waals surface area contributed by atoms with Crippen LogP contribution >= 0.6 is 11.8 Å². The van der Waals surface area contributed by atoms with E-state index in [9.17, 15) is 4.79 Å². The van der Waals surface area contributed by atoms with Crippen LogP contribution in [0.2, 0.25) is 0 Å². The average molecular weight is 439 g/mol. The molecule has 5 nitrogen and oxygen atoms in total. The van der Waals surface area contributed by atoms with Crippen LogP contribution in [0.4, 0.5) is 0 Å². The third-order valence-corrected chi connectivity index (χ3v) is 6.43. The first kappa shape index (κ1) is 25.2. The Hall–Kier alpha value is -1.08. The zero-order valence-corrected chi connectivity index (χ0v) is 19.5. The van der Waals surface area contributed by atoms with E-state index in [1.165, 1.54) is 0 Å². The first-order valence-corrected chi connectivity index (χ1v) is 12.4. The maximum atomic E-state index is 12.7. The van der Waals surface area contributed by atoms with Crippen LogP contribution in [-0.4, -0.2) is 55.3 Å². The minimum absolute atomic E-state index is 0.0823. The molecule has 6 heteroatoms. The van der Waals surface area contributed by atoms with Gasteiger partial charge in [-0.15, -0.1) is 11.8 Å². The van der Waals surface area contributed by atoms with Crippen LogP contribution in [0.25, 0.3) is 0 Å². The molecule has 2 rings (SSSR count). The van der Waals surface area contributed by atoms with E-state index in [-0.39, 0.29) is 23.4 Å². The molecule has 1 heterocycles. The highest BCUT2D eigenvalue weighted by atomic mass is 32.2. The molecule has 1 aliphatic rings. The summed E-state index contributed by atoms with van der Waals surface area (Å²) in [6.45, 7) is 9.08. The van der Waals surface area contributed by atoms with Gasteiger partial charge in [-0.3, -0.25) is 0 Å². The maximum absolute atomic E-state index is 12.7. The van der Waals surface area contributed by atoms with Crippen LogP contribution in [0.1, 0.15) is 69.7 Å². The molecule has 0 spiro atoms. The average Bonchev–Trinajstić information content (AvgIpc) is 3.08. The standard InChI is InChI=1S/C24H38O5S/c1-4-7-15-26-18-20-21(27-16-8-5-2)22(28-17-9-6-3)24(30-20)29-23(25)19-13-11-10-12-14-19/h10-14,20-22,24H,4-9,15-18H2,1-3H3/t20-,21-,22+,24?/m1/s1. The van der Waals surface area contributed by atoms with Crippen molar-refractivity contribution in [1.82, 2.24) is 0 Å². The number of benzene rings is 1. The number of hydrogen-bond donors (Lipinski definition) is 0. The van der Waals surface area contributed by atoms with E-state index in [4.69, 9.17) is 18.9 Å². The van der Waals surface area contributed by atoms with E-state index < -0.39 is 5.44 Å². The summed E-state index contributed by atoms with van der Waals surface area (Å²) in [6.07, 6.45) is 5.82. The molecule has 1 aliphatic heterocycles. The fourth-order valence-corrected chi connectivity index (χ4v) is 4.66. The van der Waals surface area contributed by atoms with Gasteiger partial charge in [0.1, 0.15) is 12.2 Å². The second kappa shape index (κ2) is 14.8. The Labute approximate surface area is 186 Å². The van der Waals surface area contributed by atoms with Gasteiger partial charge in [0, 0.05) is 19.8 Å². The lowest BCUT2D eigenvalue weighted by molar-refractivity contribution is -0.0998. The van der Waals surface area contributed by atoms with Crippen molar-refractivity contribution in [2.24, 2.45) is 0 Å². The minimum Gasteiger partial charge on any atom is -0.445 e. The highest BCUT2D eigenvalue weighted by molar-refractivity contribution is 8.00. The smallest absolute Gasteiger partial charge is 0.339 e. The lowest BCUT2D eigenvalue weighted by Crippen LogP contribution is -2.40. The van der Waals surface area contributed by atoms with Crippen molar-refractivity contribution >= 4 is 17.7 Å². The number of unbranched alkanes of at least 4 members (excludes halogenated alkanes) is 3. The van der Waals surface area contributed by atoms with Crippen LogP contribution in [0.3, 0.4) is 0 Å². The number of ether oxygens (including phenoxy) is 4. The molecule has 170 valence electrons. The third-order valence-electron chi connectivity index (χ3n) is 5.04. The highest BCUT2D eigenvalue weighted by Gasteiger charge is 2.48. The van der Waals surface area contributed by atoms with Crippen molar-refractivity contribution in [3.05, 3.63) is 35.9 Å². The van der Waals surface area contributed by atoms with Gasteiger partial charge in [-0.05, 0) is 31.4 Å². The van der Waals surface area contributed by atoms with Crippen molar-refractivity contribution in [1.29, 1.82) is 0 Å². The molecule has 1 unspecified atom stereocenters. The number of thioether (sulfide) groups is 1. The first-order chi connectivity index (χ1) is 14.7. The molecule has 1 fully saturated rings. The number of carbonyl (C=O) groups excluding carboxylic acids is 1. The van der Waals surface area contributed by atoms with Gasteiger partial charge in [-0.1, -0.05) is 58.2 Å². The Morgan fingerprint density at radius 2 is 1.47 bits per heavy atom. The predicted molar refractivity (Wildman–Crippen MR) is 122 cm³/mol. The molecular formula is C24H38O5S. The molecule has 0 aromatic heterocycles. The summed E-state index contributed by atoms with van der Waals surface area (Å²) in [6, 6.07) is 9.12. The fourth-order valence-electron chi connectivity index (χ4n) is 3.22. The normalized spacial score (nSPS) is 23.6. The summed E-state index contributed by atoms with van der Waals surface area (Å²) in [5, 5.41) is 0.0823. The van der Waals surface area contributed by atoms with E-state index in [1.807, 2.05) is 18.2 Å². The molecule has 1 saturated heterocycles. The van der Waals surface area contributed by atoms with Gasteiger partial charge in [0.05, 0.1) is 17.4 Å². The lowest BCUT2D eigenvalue weighted by Gasteiger charge is -2.26. The second-order valence-electron chi connectivity index (χ2n) is 7.62. The van der Waals surface area contributed by atoms with Gasteiger partial charge in [0.15, 0.2) is 5.44 Å². The highest BCUT2D eigenvalue weighted by Crippen LogP contribution is 2.39. The monoisotopic (exact) mass is 438 g/mol. The Balaban J connectivity index is 2.08. The predicted octanol–water partition coefficient (Wildman–Crippen LogP) is 5.47. The summed E-state index contributed by atoms with van der Waals surface area (Å²) in [5.74, 6) is -0.322. The summed E-state index contributed by atoms with van der Waals surface area (Å²) in [4.78, 5) is 12.7. The summed E-state index contributed by atoms with van der Waals surface area (Å²) >= 11 is 1.61. The quantitative estimate of drug-likeness (QED) is 0.267. The molecule has 0 saturated carbocycles. The minimum atomic E-state index is -0.402. The van der Waals surface area contributed by atoms with Crippen LogP contribution in [0.15, 0.2) is 30.3 Å². The topological polar surface area (TPSA) is 54.0 Å². The fraction of sp³-hybridized carbons (Fsp3) is 0.708. The van der Waals surface area contributed by atoms with Crippen LogP contribution in [-0.2, 0) is 18.9 Å². The molecule has 30 heavy (non-hydrogen) atoms. The molecule has 0 N–H and O–H groups in total. The third kappa shape index (κ3) is 8.22. The van der Waals surface area contributed by atoms with Gasteiger partial charge in [0.2, 0.25) is 0 Å². The summed E-state index contributed by atoms with van der Waals surface area (Å²) in [5.41, 5.74) is 0.150. The van der Waals surface area contributed by atoms with E-state index in [0.29, 0.717) is 25.4 Å². The van der Waals surface area contributed by atoms with Crippen LogP contribution in [0, 0.1) is 0 Å². The Kier molecular flexibility index (Phi) is 12.5. The van der Waals surface area contributed by atoms with Crippen molar-refractivity contribution < 1.29 is 23.7 Å². The molecule has 0 radical (unpaired) electrons. The van der Waals surface area contributed by atoms with Gasteiger partial charge in [-0.2, -0.15) is 0 Å². The van der Waals surface area contributed by atoms with Crippen molar-refractivity contribution in [2.75, 3.05) is 26.4 Å². The van der Waals surface area contributed by atoms with Crippen molar-refractivity contribution in [2.45, 2.75) is 82.2 Å². The Morgan fingerprint density at radius 1 is 0.867 bits per heavy atom. The van der Waals surface area contributed by atoms with Crippen molar-refractivity contribution in [3.63, 3.8) is 0 Å². The Morgan fingerprint density at radius 3 is 2.10 bits per heavy atom. The number of esters is 1. The molecule has 1 aromatic carbocycles. The van der Waals surface area contributed by atoms with Crippen LogP contribution in [0.5, 0.6) is 0 Å². The van der Waals surface area contributed by atoms with Crippen LogP contribution < -0.4 is 0 Å². The zero-order valence-electron chi connectivity index (χ0n) is 18.7. The molecule has 4 atom stereocenters. The maximum Gasteiger partial charge on any atom is 0.339 e. The summed E-state index contributed by atoms with van der Waals surface area (Å²) in [7, 11) is 0. The molecular weight excluding hydrogens is 400 g/mol. The van der Waals surface area contributed by atoms with E-state index in [0.717, 1.165) is 45.1 Å². The van der Waals surface area contributed by atoms with E-state index in [1.54, 1.807) is 23.9 Å². The van der Waals surface area contributed by atoms with Gasteiger partial charge in [0.25, 0.3) is 0 Å². The van der Waals surface area contributed by atoms with Gasteiger partial charge in [-0.25, -0.2) is 4.79 Å². The largest absolute Gasteiger partial charge is 0.445 e. The second-order valence-corrected chi connectivity index (χ2v) is 8.96. The SMILES string of the molecule is CCCCOC[C@H]1SC(OC(=O)c2ccccc2)[C@@H](OCCCC)[C@@H]1OCCCC. The molecule has 0 aliphatic carbocycles. The number of hydrogen-bond acceptors (Lipinski definition) is 6. The first-order valence-electron chi connectivity index (χ1n) is 11.4. The molecule has 0 bridgehead atoms.